The zero-order chi connectivity index (χ0) is 28.6. The van der Waals surface area contributed by atoms with Crippen molar-refractivity contribution in [1.29, 1.82) is 0 Å². The maximum absolute atomic E-state index is 13.9. The van der Waals surface area contributed by atoms with E-state index in [1.165, 1.54) is 25.8 Å². The van der Waals surface area contributed by atoms with Gasteiger partial charge in [-0.2, -0.15) is 11.8 Å². The van der Waals surface area contributed by atoms with E-state index in [-0.39, 0.29) is 31.4 Å². The van der Waals surface area contributed by atoms with Crippen molar-refractivity contribution >= 4 is 35.5 Å². The number of hydrogen-bond acceptors (Lipinski definition) is 8. The molecular weight excluding hydrogens is 529 g/mol. The topological polar surface area (TPSA) is 151 Å². The molecule has 5 atom stereocenters. The van der Waals surface area contributed by atoms with E-state index in [9.17, 15) is 37.5 Å². The van der Waals surface area contributed by atoms with E-state index in [0.29, 0.717) is 24.3 Å². The van der Waals surface area contributed by atoms with Crippen LogP contribution in [0.4, 0.5) is 13.2 Å². The summed E-state index contributed by atoms with van der Waals surface area (Å²) in [4.78, 5) is 50.6. The molecule has 0 spiro atoms. The SMILES string of the molecule is COC(=O)C(CCSC)N[C@@H](C)C(=O)N1C[C@@H](NC(=O)C[C@H](N)Cc2cc(F)c(F)cc2F)C[C@H]1C(=O)O. The number of thioether (sulfide) groups is 1. The largest absolute Gasteiger partial charge is 0.480 e. The van der Waals surface area contributed by atoms with Gasteiger partial charge in [0.1, 0.15) is 17.9 Å². The number of carboxylic acid groups (broad SMARTS) is 1. The van der Waals surface area contributed by atoms with Gasteiger partial charge in [0.05, 0.1) is 13.2 Å². The number of ether oxygens (including phenoxy) is 1. The van der Waals surface area contributed by atoms with Crippen molar-refractivity contribution in [2.45, 2.75) is 62.8 Å². The Bertz CT molecular complexity index is 1030. The smallest absolute Gasteiger partial charge is 0.326 e. The lowest BCUT2D eigenvalue weighted by Crippen LogP contribution is -2.53. The normalized spacial score (nSPS) is 19.5. The Morgan fingerprint density at radius 2 is 1.87 bits per heavy atom. The zero-order valence-electron chi connectivity index (χ0n) is 21.3. The molecule has 0 saturated carbocycles. The monoisotopic (exact) mass is 562 g/mol. The van der Waals surface area contributed by atoms with Gasteiger partial charge in [-0.05, 0) is 43.4 Å². The first-order valence-corrected chi connectivity index (χ1v) is 13.3. The molecule has 2 rings (SSSR count). The van der Waals surface area contributed by atoms with Crippen molar-refractivity contribution in [1.82, 2.24) is 15.5 Å². The van der Waals surface area contributed by atoms with E-state index in [1.807, 2.05) is 6.26 Å². The zero-order valence-corrected chi connectivity index (χ0v) is 22.2. The lowest BCUT2D eigenvalue weighted by atomic mass is 10.0. The molecule has 0 bridgehead atoms. The fraction of sp³-hybridized carbons (Fsp3) is 0.583. The second-order valence-electron chi connectivity index (χ2n) is 9.12. The summed E-state index contributed by atoms with van der Waals surface area (Å²) in [6.07, 6.45) is 1.69. The third-order valence-electron chi connectivity index (χ3n) is 6.17. The molecule has 1 fully saturated rings. The minimum Gasteiger partial charge on any atom is -0.480 e. The number of amides is 2. The number of rotatable bonds is 13. The molecular formula is C24H33F3N4O6S. The molecule has 14 heteroatoms. The molecule has 1 heterocycles. The number of hydrogen-bond donors (Lipinski definition) is 4. The van der Waals surface area contributed by atoms with Gasteiger partial charge >= 0.3 is 11.9 Å². The van der Waals surface area contributed by atoms with Crippen LogP contribution in [-0.4, -0.2) is 89.6 Å². The highest BCUT2D eigenvalue weighted by Crippen LogP contribution is 2.21. The molecule has 1 aromatic rings. The number of nitrogens with zero attached hydrogens (tertiary/aromatic N) is 1. The molecule has 5 N–H and O–H groups in total. The van der Waals surface area contributed by atoms with E-state index < -0.39 is 71.4 Å². The van der Waals surface area contributed by atoms with Gasteiger partial charge in [0.25, 0.3) is 0 Å². The summed E-state index contributed by atoms with van der Waals surface area (Å²) in [5.41, 5.74) is 5.71. The summed E-state index contributed by atoms with van der Waals surface area (Å²) >= 11 is 1.51. The van der Waals surface area contributed by atoms with Crippen LogP contribution >= 0.6 is 11.8 Å². The van der Waals surface area contributed by atoms with Crippen molar-refractivity contribution in [2.24, 2.45) is 5.73 Å². The predicted octanol–water partition coefficient (Wildman–Crippen LogP) is 0.807. The Morgan fingerprint density at radius 1 is 1.21 bits per heavy atom. The number of benzene rings is 1. The number of esters is 1. The highest BCUT2D eigenvalue weighted by Gasteiger charge is 2.42. The number of nitrogens with one attached hydrogen (secondary N) is 2. The Labute approximate surface area is 222 Å². The first-order valence-electron chi connectivity index (χ1n) is 11.9. The summed E-state index contributed by atoms with van der Waals surface area (Å²) in [5.74, 6) is -5.85. The maximum Gasteiger partial charge on any atom is 0.326 e. The summed E-state index contributed by atoms with van der Waals surface area (Å²) in [6, 6.07) is -3.40. The third kappa shape index (κ3) is 8.60. The second kappa shape index (κ2) is 14.4. The standard InChI is InChI=1S/C24H33F3N4O6S/c1-12(29-19(4-5-38-3)24(36)37-2)22(33)31-11-15(9-20(31)23(34)35)30-21(32)8-14(28)6-13-7-17(26)18(27)10-16(13)25/h7,10,12,14-15,19-20,29H,4-6,8-9,11,28H2,1-3H3,(H,30,32)(H,34,35)/t12-,14+,15-,19?,20-/m0/s1. The van der Waals surface area contributed by atoms with Crippen LogP contribution in [0.1, 0.15) is 31.7 Å². The van der Waals surface area contributed by atoms with Gasteiger partial charge in [-0.3, -0.25) is 19.7 Å². The molecule has 0 radical (unpaired) electrons. The Hall–Kier alpha value is -2.84. The fourth-order valence-corrected chi connectivity index (χ4v) is 4.76. The minimum atomic E-state index is -1.34. The summed E-state index contributed by atoms with van der Waals surface area (Å²) in [6.45, 7) is 1.42. The van der Waals surface area contributed by atoms with E-state index in [1.54, 1.807) is 0 Å². The summed E-state index contributed by atoms with van der Waals surface area (Å²) < 4.78 is 45.2. The second-order valence-corrected chi connectivity index (χ2v) is 10.1. The number of aliphatic carboxylic acids is 1. The van der Waals surface area contributed by atoms with Gasteiger partial charge in [0, 0.05) is 37.5 Å². The lowest BCUT2D eigenvalue weighted by Gasteiger charge is -2.27. The Balaban J connectivity index is 1.99. The Kier molecular flexibility index (Phi) is 11.9. The van der Waals surface area contributed by atoms with Crippen LogP contribution < -0.4 is 16.4 Å². The van der Waals surface area contributed by atoms with Gasteiger partial charge in [0.15, 0.2) is 11.6 Å². The van der Waals surface area contributed by atoms with E-state index in [0.717, 1.165) is 4.90 Å². The molecule has 1 aliphatic rings. The predicted molar refractivity (Wildman–Crippen MR) is 134 cm³/mol. The molecule has 10 nitrogen and oxygen atoms in total. The van der Waals surface area contributed by atoms with Gasteiger partial charge in [-0.15, -0.1) is 0 Å². The summed E-state index contributed by atoms with van der Waals surface area (Å²) in [5, 5.41) is 15.2. The van der Waals surface area contributed by atoms with E-state index in [2.05, 4.69) is 10.6 Å². The van der Waals surface area contributed by atoms with Gasteiger partial charge in [-0.1, -0.05) is 0 Å². The first-order chi connectivity index (χ1) is 17.9. The van der Waals surface area contributed by atoms with Crippen molar-refractivity contribution in [3.8, 4) is 0 Å². The van der Waals surface area contributed by atoms with Gasteiger partial charge in [0.2, 0.25) is 11.8 Å². The van der Waals surface area contributed by atoms with Crippen LogP contribution in [0.3, 0.4) is 0 Å². The maximum atomic E-state index is 13.9. The van der Waals surface area contributed by atoms with E-state index >= 15 is 0 Å². The molecule has 0 aromatic heterocycles. The highest BCUT2D eigenvalue weighted by atomic mass is 32.2. The quantitative estimate of drug-likeness (QED) is 0.202. The average Bonchev–Trinajstić information content (AvgIpc) is 3.27. The van der Waals surface area contributed by atoms with Crippen molar-refractivity contribution < 1.29 is 42.2 Å². The van der Waals surface area contributed by atoms with Crippen molar-refractivity contribution in [2.75, 3.05) is 25.7 Å². The lowest BCUT2D eigenvalue weighted by molar-refractivity contribution is -0.149. The van der Waals surface area contributed by atoms with E-state index in [4.69, 9.17) is 10.5 Å². The molecule has 212 valence electrons. The van der Waals surface area contributed by atoms with Crippen molar-refractivity contribution in [3.05, 3.63) is 35.1 Å². The first kappa shape index (κ1) is 31.4. The fourth-order valence-electron chi connectivity index (χ4n) is 4.29. The molecule has 38 heavy (non-hydrogen) atoms. The number of nitrogens with two attached hydrogens (primary N) is 1. The molecule has 1 saturated heterocycles. The Morgan fingerprint density at radius 3 is 2.47 bits per heavy atom. The van der Waals surface area contributed by atoms with Gasteiger partial charge in [-0.25, -0.2) is 18.0 Å². The summed E-state index contributed by atoms with van der Waals surface area (Å²) in [7, 11) is 1.23. The number of halogens is 3. The van der Waals surface area contributed by atoms with Crippen molar-refractivity contribution in [3.63, 3.8) is 0 Å². The number of carbonyl (C=O) groups excluding carboxylic acids is 3. The molecule has 1 unspecified atom stereocenters. The molecule has 2 amide bonds. The number of carboxylic acids is 1. The number of carbonyl (C=O) groups is 4. The van der Waals surface area contributed by atoms with Gasteiger partial charge < -0.3 is 25.8 Å². The van der Waals surface area contributed by atoms with Crippen LogP contribution in [0, 0.1) is 17.5 Å². The van der Waals surface area contributed by atoms with Crippen LogP contribution in [-0.2, 0) is 30.3 Å². The van der Waals surface area contributed by atoms with Crippen LogP contribution in [0.15, 0.2) is 12.1 Å². The number of methoxy groups -OCH3 is 1. The molecule has 1 aliphatic heterocycles. The third-order valence-corrected chi connectivity index (χ3v) is 6.82. The molecule has 1 aromatic carbocycles. The average molecular weight is 563 g/mol. The van der Waals surface area contributed by atoms with Crippen LogP contribution in [0.5, 0.6) is 0 Å². The number of likely N-dealkylation sites (tertiary alicyclic amines) is 1. The van der Waals surface area contributed by atoms with Crippen LogP contribution in [0.25, 0.3) is 0 Å². The highest BCUT2D eigenvalue weighted by molar-refractivity contribution is 7.98. The minimum absolute atomic E-state index is 0.0561. The van der Waals surface area contributed by atoms with Crippen LogP contribution in [0.2, 0.25) is 0 Å². The molecule has 0 aliphatic carbocycles.